The normalized spacial score (nSPS) is 10.7. The van der Waals surface area contributed by atoms with Crippen molar-refractivity contribution in [2.45, 2.75) is 4.90 Å². The average Bonchev–Trinajstić information content (AvgIpc) is 2.59. The number of benzene rings is 1. The standard InChI is InChI=1S/C10H10O2S2/c1-12-8-4-3-6-7(11)5-14-9(6)10(8)13-2/h3-5,11H,1-2H3. The number of rotatable bonds is 2. The highest BCUT2D eigenvalue weighted by molar-refractivity contribution is 7.99. The van der Waals surface area contributed by atoms with Gasteiger partial charge in [0, 0.05) is 10.8 Å². The predicted molar refractivity (Wildman–Crippen MR) is 61.8 cm³/mol. The molecule has 0 unspecified atom stereocenters. The minimum absolute atomic E-state index is 0.350. The molecule has 0 aliphatic heterocycles. The summed E-state index contributed by atoms with van der Waals surface area (Å²) in [6, 6.07) is 3.78. The Hall–Kier alpha value is -0.870. The Labute approximate surface area is 90.5 Å². The molecular weight excluding hydrogens is 216 g/mol. The molecule has 74 valence electrons. The van der Waals surface area contributed by atoms with Crippen molar-refractivity contribution >= 4 is 33.2 Å². The molecule has 2 rings (SSSR count). The zero-order valence-electron chi connectivity index (χ0n) is 7.90. The van der Waals surface area contributed by atoms with Crippen LogP contribution in [0.1, 0.15) is 0 Å². The second-order valence-electron chi connectivity index (χ2n) is 2.80. The van der Waals surface area contributed by atoms with Crippen molar-refractivity contribution in [2.75, 3.05) is 13.4 Å². The number of aromatic hydroxyl groups is 1. The summed E-state index contributed by atoms with van der Waals surface area (Å²) in [6.45, 7) is 0. The van der Waals surface area contributed by atoms with Gasteiger partial charge in [0.25, 0.3) is 0 Å². The van der Waals surface area contributed by atoms with Gasteiger partial charge in [-0.05, 0) is 18.4 Å². The summed E-state index contributed by atoms with van der Waals surface area (Å²) >= 11 is 3.18. The van der Waals surface area contributed by atoms with Gasteiger partial charge in [-0.1, -0.05) is 0 Å². The van der Waals surface area contributed by atoms with E-state index in [1.54, 1.807) is 35.6 Å². The van der Waals surface area contributed by atoms with Gasteiger partial charge in [0.05, 0.1) is 16.7 Å². The Bertz CT molecular complexity index is 462. The van der Waals surface area contributed by atoms with E-state index in [1.807, 2.05) is 18.4 Å². The SMILES string of the molecule is COc1ccc2c(O)csc2c1SC. The van der Waals surface area contributed by atoms with E-state index in [9.17, 15) is 5.11 Å². The molecule has 0 aliphatic carbocycles. The molecule has 1 aromatic carbocycles. The van der Waals surface area contributed by atoms with Crippen LogP contribution in [0.5, 0.6) is 11.5 Å². The maximum absolute atomic E-state index is 9.56. The van der Waals surface area contributed by atoms with Crippen LogP contribution < -0.4 is 4.74 Å². The first-order chi connectivity index (χ1) is 6.77. The van der Waals surface area contributed by atoms with E-state index in [-0.39, 0.29) is 0 Å². The van der Waals surface area contributed by atoms with E-state index in [0.29, 0.717) is 5.75 Å². The van der Waals surface area contributed by atoms with Crippen molar-refractivity contribution in [3.8, 4) is 11.5 Å². The maximum atomic E-state index is 9.56. The highest BCUT2D eigenvalue weighted by atomic mass is 32.2. The van der Waals surface area contributed by atoms with Crippen LogP contribution in [-0.4, -0.2) is 18.5 Å². The second kappa shape index (κ2) is 3.71. The summed E-state index contributed by atoms with van der Waals surface area (Å²) < 4.78 is 6.35. The molecule has 0 amide bonds. The molecule has 1 heterocycles. The smallest absolute Gasteiger partial charge is 0.134 e. The number of methoxy groups -OCH3 is 1. The second-order valence-corrected chi connectivity index (χ2v) is 4.49. The number of ether oxygens (including phenoxy) is 1. The maximum Gasteiger partial charge on any atom is 0.134 e. The molecule has 0 spiro atoms. The Morgan fingerprint density at radius 2 is 2.21 bits per heavy atom. The lowest BCUT2D eigenvalue weighted by molar-refractivity contribution is 0.406. The van der Waals surface area contributed by atoms with Crippen molar-refractivity contribution in [3.63, 3.8) is 0 Å². The highest BCUT2D eigenvalue weighted by Gasteiger charge is 2.11. The Morgan fingerprint density at radius 1 is 1.43 bits per heavy atom. The molecule has 4 heteroatoms. The molecule has 0 aliphatic rings. The fraction of sp³-hybridized carbons (Fsp3) is 0.200. The van der Waals surface area contributed by atoms with Gasteiger partial charge in [-0.3, -0.25) is 0 Å². The third kappa shape index (κ3) is 1.35. The van der Waals surface area contributed by atoms with Crippen molar-refractivity contribution in [3.05, 3.63) is 17.5 Å². The molecule has 2 aromatic rings. The van der Waals surface area contributed by atoms with Crippen molar-refractivity contribution in [2.24, 2.45) is 0 Å². The van der Waals surface area contributed by atoms with Gasteiger partial charge in [-0.15, -0.1) is 23.1 Å². The van der Waals surface area contributed by atoms with Gasteiger partial charge < -0.3 is 9.84 Å². The lowest BCUT2D eigenvalue weighted by Gasteiger charge is -2.06. The van der Waals surface area contributed by atoms with Gasteiger partial charge >= 0.3 is 0 Å². The average molecular weight is 226 g/mol. The molecule has 0 bridgehead atoms. The molecule has 2 nitrogen and oxygen atoms in total. The zero-order valence-corrected chi connectivity index (χ0v) is 9.54. The van der Waals surface area contributed by atoms with Crippen LogP contribution >= 0.6 is 23.1 Å². The van der Waals surface area contributed by atoms with Crippen LogP contribution in [-0.2, 0) is 0 Å². The molecule has 0 radical (unpaired) electrons. The minimum Gasteiger partial charge on any atom is -0.506 e. The van der Waals surface area contributed by atoms with Gasteiger partial charge in [-0.25, -0.2) is 0 Å². The van der Waals surface area contributed by atoms with E-state index in [2.05, 4.69) is 0 Å². The minimum atomic E-state index is 0.350. The fourth-order valence-corrected chi connectivity index (χ4v) is 3.30. The van der Waals surface area contributed by atoms with E-state index in [0.717, 1.165) is 20.7 Å². The molecule has 0 saturated carbocycles. The van der Waals surface area contributed by atoms with Gasteiger partial charge in [0.15, 0.2) is 0 Å². The fourth-order valence-electron chi connectivity index (χ4n) is 1.40. The molecule has 0 saturated heterocycles. The van der Waals surface area contributed by atoms with Crippen LogP contribution in [0.15, 0.2) is 22.4 Å². The lowest BCUT2D eigenvalue weighted by Crippen LogP contribution is -1.85. The van der Waals surface area contributed by atoms with Crippen molar-refractivity contribution in [1.82, 2.24) is 0 Å². The number of thiophene rings is 1. The molecule has 1 N–H and O–H groups in total. The lowest BCUT2D eigenvalue weighted by atomic mass is 10.2. The van der Waals surface area contributed by atoms with E-state index < -0.39 is 0 Å². The predicted octanol–water partition coefficient (Wildman–Crippen LogP) is 3.34. The monoisotopic (exact) mass is 226 g/mol. The number of thioether (sulfide) groups is 1. The van der Waals surface area contributed by atoms with E-state index >= 15 is 0 Å². The third-order valence-electron chi connectivity index (χ3n) is 2.06. The van der Waals surface area contributed by atoms with Gasteiger partial charge in [0.1, 0.15) is 11.5 Å². The Balaban J connectivity index is 2.77. The van der Waals surface area contributed by atoms with Crippen molar-refractivity contribution in [1.29, 1.82) is 0 Å². The first-order valence-corrected chi connectivity index (χ1v) is 6.19. The summed E-state index contributed by atoms with van der Waals surface area (Å²) in [6.07, 6.45) is 2.01. The largest absolute Gasteiger partial charge is 0.506 e. The number of hydrogen-bond acceptors (Lipinski definition) is 4. The molecule has 1 aromatic heterocycles. The van der Waals surface area contributed by atoms with Crippen molar-refractivity contribution < 1.29 is 9.84 Å². The highest BCUT2D eigenvalue weighted by Crippen LogP contribution is 2.42. The van der Waals surface area contributed by atoms with E-state index in [1.165, 1.54) is 0 Å². The quantitative estimate of drug-likeness (QED) is 0.796. The van der Waals surface area contributed by atoms with Crippen LogP contribution in [0.4, 0.5) is 0 Å². The van der Waals surface area contributed by atoms with Gasteiger partial charge in [-0.2, -0.15) is 0 Å². The number of fused-ring (bicyclic) bond motifs is 1. The van der Waals surface area contributed by atoms with Crippen LogP contribution in [0.2, 0.25) is 0 Å². The number of hydrogen-bond donors (Lipinski definition) is 1. The van der Waals surface area contributed by atoms with Crippen LogP contribution in [0.3, 0.4) is 0 Å². The summed E-state index contributed by atoms with van der Waals surface area (Å²) in [7, 11) is 1.66. The first kappa shape index (κ1) is 9.68. The topological polar surface area (TPSA) is 29.5 Å². The third-order valence-corrected chi connectivity index (χ3v) is 4.01. The summed E-state index contributed by atoms with van der Waals surface area (Å²) in [4.78, 5) is 1.09. The van der Waals surface area contributed by atoms with Crippen LogP contribution in [0, 0.1) is 0 Å². The first-order valence-electron chi connectivity index (χ1n) is 4.09. The molecule has 0 fully saturated rings. The Morgan fingerprint density at radius 3 is 2.86 bits per heavy atom. The summed E-state index contributed by atoms with van der Waals surface area (Å²) in [5.74, 6) is 1.22. The summed E-state index contributed by atoms with van der Waals surface area (Å²) in [5.41, 5.74) is 0. The Kier molecular flexibility index (Phi) is 2.56. The molecular formula is C10H10O2S2. The van der Waals surface area contributed by atoms with Crippen LogP contribution in [0.25, 0.3) is 10.1 Å². The summed E-state index contributed by atoms with van der Waals surface area (Å²) in [5, 5.41) is 12.2. The van der Waals surface area contributed by atoms with E-state index in [4.69, 9.17) is 4.74 Å². The zero-order chi connectivity index (χ0) is 10.1. The molecule has 14 heavy (non-hydrogen) atoms. The molecule has 0 atom stereocenters. The van der Waals surface area contributed by atoms with Gasteiger partial charge in [0.2, 0.25) is 0 Å².